The molecule has 100 valence electrons. The second kappa shape index (κ2) is 5.13. The summed E-state index contributed by atoms with van der Waals surface area (Å²) in [6, 6.07) is 9.51. The quantitative estimate of drug-likeness (QED) is 0.737. The smallest absolute Gasteiger partial charge is 0.258 e. The SMILES string of the molecule is Cc1ccc(N)cc1-c1nc(Cc2ccncc2)no1. The Balaban J connectivity index is 1.88. The summed E-state index contributed by atoms with van der Waals surface area (Å²) in [4.78, 5) is 8.41. The summed E-state index contributed by atoms with van der Waals surface area (Å²) in [6.07, 6.45) is 4.12. The predicted molar refractivity (Wildman–Crippen MR) is 75.9 cm³/mol. The van der Waals surface area contributed by atoms with Gasteiger partial charge in [-0.25, -0.2) is 0 Å². The van der Waals surface area contributed by atoms with Crippen LogP contribution in [0.4, 0.5) is 5.69 Å². The predicted octanol–water partition coefficient (Wildman–Crippen LogP) is 2.61. The molecule has 0 atom stereocenters. The number of pyridine rings is 1. The van der Waals surface area contributed by atoms with Crippen molar-refractivity contribution in [3.05, 3.63) is 59.7 Å². The molecule has 0 spiro atoms. The molecule has 0 amide bonds. The summed E-state index contributed by atoms with van der Waals surface area (Å²) in [5.41, 5.74) is 9.50. The Morgan fingerprint density at radius 2 is 1.95 bits per heavy atom. The molecule has 5 nitrogen and oxygen atoms in total. The molecule has 0 aliphatic carbocycles. The summed E-state index contributed by atoms with van der Waals surface area (Å²) in [5, 5.41) is 4.01. The molecular weight excluding hydrogens is 252 g/mol. The summed E-state index contributed by atoms with van der Waals surface area (Å²) >= 11 is 0. The first kappa shape index (κ1) is 12.3. The lowest BCUT2D eigenvalue weighted by Crippen LogP contribution is -1.92. The normalized spacial score (nSPS) is 10.7. The minimum Gasteiger partial charge on any atom is -0.399 e. The van der Waals surface area contributed by atoms with E-state index in [0.29, 0.717) is 23.8 Å². The van der Waals surface area contributed by atoms with Gasteiger partial charge in [0.05, 0.1) is 0 Å². The molecule has 0 bridgehead atoms. The molecule has 0 unspecified atom stereocenters. The molecule has 0 aliphatic heterocycles. The van der Waals surface area contributed by atoms with Crippen molar-refractivity contribution in [2.45, 2.75) is 13.3 Å². The number of hydrogen-bond acceptors (Lipinski definition) is 5. The van der Waals surface area contributed by atoms with E-state index >= 15 is 0 Å². The summed E-state index contributed by atoms with van der Waals surface area (Å²) in [5.74, 6) is 1.15. The monoisotopic (exact) mass is 266 g/mol. The Bertz CT molecular complexity index is 722. The van der Waals surface area contributed by atoms with Crippen LogP contribution in [0.15, 0.2) is 47.2 Å². The second-order valence-corrected chi connectivity index (χ2v) is 4.62. The highest BCUT2D eigenvalue weighted by molar-refractivity contribution is 5.63. The molecule has 0 fully saturated rings. The Hall–Kier alpha value is -2.69. The number of nitrogen functional groups attached to an aromatic ring is 1. The highest BCUT2D eigenvalue weighted by Gasteiger charge is 2.11. The fourth-order valence-electron chi connectivity index (χ4n) is 1.99. The average molecular weight is 266 g/mol. The number of nitrogens with zero attached hydrogens (tertiary/aromatic N) is 3. The zero-order valence-electron chi connectivity index (χ0n) is 11.1. The van der Waals surface area contributed by atoms with Crippen LogP contribution in [0.25, 0.3) is 11.5 Å². The van der Waals surface area contributed by atoms with Crippen LogP contribution >= 0.6 is 0 Å². The average Bonchev–Trinajstić information content (AvgIpc) is 2.91. The maximum Gasteiger partial charge on any atom is 0.258 e. The minimum absolute atomic E-state index is 0.499. The van der Waals surface area contributed by atoms with Crippen molar-refractivity contribution >= 4 is 5.69 Å². The number of nitrogens with two attached hydrogens (primary N) is 1. The second-order valence-electron chi connectivity index (χ2n) is 4.62. The van der Waals surface area contributed by atoms with Crippen LogP contribution in [-0.4, -0.2) is 15.1 Å². The molecule has 3 aromatic rings. The first-order chi connectivity index (χ1) is 9.72. The molecule has 2 N–H and O–H groups in total. The highest BCUT2D eigenvalue weighted by Crippen LogP contribution is 2.24. The van der Waals surface area contributed by atoms with Crippen molar-refractivity contribution in [3.8, 4) is 11.5 Å². The molecule has 5 heteroatoms. The third-order valence-electron chi connectivity index (χ3n) is 3.07. The van der Waals surface area contributed by atoms with Gasteiger partial charge in [-0.15, -0.1) is 0 Å². The van der Waals surface area contributed by atoms with Gasteiger partial charge in [0, 0.05) is 30.1 Å². The van der Waals surface area contributed by atoms with Crippen molar-refractivity contribution in [2.75, 3.05) is 5.73 Å². The van der Waals surface area contributed by atoms with Crippen molar-refractivity contribution in [1.29, 1.82) is 0 Å². The van der Waals surface area contributed by atoms with E-state index in [1.54, 1.807) is 12.4 Å². The molecular formula is C15H14N4O. The highest BCUT2D eigenvalue weighted by atomic mass is 16.5. The Morgan fingerprint density at radius 3 is 2.75 bits per heavy atom. The fourth-order valence-corrected chi connectivity index (χ4v) is 1.99. The van der Waals surface area contributed by atoms with Crippen LogP contribution in [0, 0.1) is 6.92 Å². The Kier molecular flexibility index (Phi) is 3.16. The zero-order valence-corrected chi connectivity index (χ0v) is 11.1. The molecule has 0 saturated carbocycles. The van der Waals surface area contributed by atoms with Crippen LogP contribution < -0.4 is 5.73 Å². The third-order valence-corrected chi connectivity index (χ3v) is 3.07. The number of anilines is 1. The van der Waals surface area contributed by atoms with E-state index in [1.165, 1.54) is 0 Å². The largest absolute Gasteiger partial charge is 0.399 e. The van der Waals surface area contributed by atoms with Gasteiger partial charge in [-0.3, -0.25) is 4.98 Å². The molecule has 2 heterocycles. The summed E-state index contributed by atoms with van der Waals surface area (Å²) in [6.45, 7) is 1.99. The first-order valence-corrected chi connectivity index (χ1v) is 6.30. The number of aryl methyl sites for hydroxylation is 1. The summed E-state index contributed by atoms with van der Waals surface area (Å²) < 4.78 is 5.33. The molecule has 2 aromatic heterocycles. The lowest BCUT2D eigenvalue weighted by Gasteiger charge is -2.01. The van der Waals surface area contributed by atoms with Gasteiger partial charge in [0.15, 0.2) is 5.82 Å². The van der Waals surface area contributed by atoms with Gasteiger partial charge in [-0.05, 0) is 42.3 Å². The van der Waals surface area contributed by atoms with E-state index in [0.717, 1.165) is 16.7 Å². The number of rotatable bonds is 3. The zero-order chi connectivity index (χ0) is 13.9. The maximum atomic E-state index is 5.80. The van der Waals surface area contributed by atoms with E-state index in [1.807, 2.05) is 37.3 Å². The van der Waals surface area contributed by atoms with E-state index in [4.69, 9.17) is 10.3 Å². The third kappa shape index (κ3) is 2.51. The lowest BCUT2D eigenvalue weighted by atomic mass is 10.1. The van der Waals surface area contributed by atoms with E-state index in [2.05, 4.69) is 15.1 Å². The van der Waals surface area contributed by atoms with E-state index in [9.17, 15) is 0 Å². The van der Waals surface area contributed by atoms with Crippen LogP contribution in [-0.2, 0) is 6.42 Å². The van der Waals surface area contributed by atoms with Crippen LogP contribution in [0.5, 0.6) is 0 Å². The Morgan fingerprint density at radius 1 is 1.15 bits per heavy atom. The van der Waals surface area contributed by atoms with Gasteiger partial charge in [0.25, 0.3) is 5.89 Å². The standard InChI is InChI=1S/C15H14N4O/c1-10-2-3-12(16)9-13(10)15-18-14(19-20-15)8-11-4-6-17-7-5-11/h2-7,9H,8,16H2,1H3. The van der Waals surface area contributed by atoms with Gasteiger partial charge in [0.2, 0.25) is 0 Å². The van der Waals surface area contributed by atoms with E-state index < -0.39 is 0 Å². The molecule has 0 saturated heterocycles. The van der Waals surface area contributed by atoms with Gasteiger partial charge in [-0.1, -0.05) is 11.2 Å². The molecule has 0 radical (unpaired) electrons. The van der Waals surface area contributed by atoms with Gasteiger partial charge < -0.3 is 10.3 Å². The van der Waals surface area contributed by atoms with Gasteiger partial charge in [-0.2, -0.15) is 4.98 Å². The van der Waals surface area contributed by atoms with Crippen molar-refractivity contribution in [3.63, 3.8) is 0 Å². The number of hydrogen-bond donors (Lipinski definition) is 1. The minimum atomic E-state index is 0.499. The molecule has 1 aromatic carbocycles. The first-order valence-electron chi connectivity index (χ1n) is 6.30. The topological polar surface area (TPSA) is 77.8 Å². The Labute approximate surface area is 116 Å². The maximum absolute atomic E-state index is 5.80. The molecule has 20 heavy (non-hydrogen) atoms. The lowest BCUT2D eigenvalue weighted by molar-refractivity contribution is 0.423. The van der Waals surface area contributed by atoms with Crippen molar-refractivity contribution in [1.82, 2.24) is 15.1 Å². The molecule has 3 rings (SSSR count). The number of benzene rings is 1. The molecule has 0 aliphatic rings. The number of aromatic nitrogens is 3. The van der Waals surface area contributed by atoms with Gasteiger partial charge in [0.1, 0.15) is 0 Å². The van der Waals surface area contributed by atoms with Gasteiger partial charge >= 0.3 is 0 Å². The van der Waals surface area contributed by atoms with Crippen molar-refractivity contribution < 1.29 is 4.52 Å². The van der Waals surface area contributed by atoms with Crippen LogP contribution in [0.2, 0.25) is 0 Å². The van der Waals surface area contributed by atoms with E-state index in [-0.39, 0.29) is 0 Å². The fraction of sp³-hybridized carbons (Fsp3) is 0.133. The van der Waals surface area contributed by atoms with Crippen molar-refractivity contribution in [2.24, 2.45) is 0 Å². The van der Waals surface area contributed by atoms with Crippen LogP contribution in [0.1, 0.15) is 17.0 Å². The summed E-state index contributed by atoms with van der Waals surface area (Å²) in [7, 11) is 0. The van der Waals surface area contributed by atoms with Crippen LogP contribution in [0.3, 0.4) is 0 Å².